The first-order chi connectivity index (χ1) is 17.4. The molecule has 1 aliphatic carbocycles. The minimum absolute atomic E-state index is 0.206. The number of nitrogens with zero attached hydrogens (tertiary/aromatic N) is 6. The summed E-state index contributed by atoms with van der Waals surface area (Å²) in [6, 6.07) is 12.8. The van der Waals surface area contributed by atoms with Gasteiger partial charge in [-0.05, 0) is 54.7 Å². The molecule has 36 heavy (non-hydrogen) atoms. The van der Waals surface area contributed by atoms with Crippen LogP contribution in [0.5, 0.6) is 0 Å². The first kappa shape index (κ1) is 21.0. The van der Waals surface area contributed by atoms with Crippen molar-refractivity contribution in [2.45, 2.75) is 6.92 Å². The van der Waals surface area contributed by atoms with Crippen LogP contribution in [-0.2, 0) is 11.8 Å². The zero-order chi connectivity index (χ0) is 24.7. The van der Waals surface area contributed by atoms with E-state index in [-0.39, 0.29) is 23.6 Å². The number of aryl methyl sites for hydroxylation is 2. The van der Waals surface area contributed by atoms with E-state index in [1.165, 1.54) is 12.1 Å². The van der Waals surface area contributed by atoms with Crippen molar-refractivity contribution >= 4 is 33.6 Å². The molecule has 8 nitrogen and oxygen atoms in total. The van der Waals surface area contributed by atoms with Gasteiger partial charge in [-0.25, -0.2) is 14.1 Å². The number of aliphatic carboxylic acids is 1. The number of halogens is 1. The molecule has 2 aromatic carbocycles. The summed E-state index contributed by atoms with van der Waals surface area (Å²) in [5.74, 6) is 0.0586. The van der Waals surface area contributed by atoms with Gasteiger partial charge in [0.1, 0.15) is 17.3 Å². The number of fused-ring (bicyclic) bond motifs is 3. The minimum Gasteiger partial charge on any atom is -0.481 e. The lowest BCUT2D eigenvalue weighted by Crippen LogP contribution is -2.26. The highest BCUT2D eigenvalue weighted by Crippen LogP contribution is 2.52. The van der Waals surface area contributed by atoms with Crippen LogP contribution in [0.15, 0.2) is 54.9 Å². The van der Waals surface area contributed by atoms with Crippen LogP contribution >= 0.6 is 0 Å². The Morgan fingerprint density at radius 3 is 2.61 bits per heavy atom. The lowest BCUT2D eigenvalue weighted by Gasteiger charge is -2.20. The Kier molecular flexibility index (Phi) is 4.31. The molecule has 2 unspecified atom stereocenters. The average Bonchev–Trinajstić information content (AvgIpc) is 3.18. The summed E-state index contributed by atoms with van der Waals surface area (Å²) < 4.78 is 18.1. The van der Waals surface area contributed by atoms with Crippen LogP contribution in [0, 0.1) is 30.5 Å². The number of carbonyl (C=O) groups is 1. The molecular weight excluding hydrogens is 459 g/mol. The lowest BCUT2D eigenvalue weighted by molar-refractivity contribution is -0.139. The van der Waals surface area contributed by atoms with E-state index in [2.05, 4.69) is 15.0 Å². The highest BCUT2D eigenvalue weighted by Gasteiger charge is 2.60. The number of anilines is 1. The van der Waals surface area contributed by atoms with Gasteiger partial charge < -0.3 is 10.0 Å². The zero-order valence-electron chi connectivity index (χ0n) is 19.8. The number of aromatic nitrogens is 5. The Morgan fingerprint density at radius 2 is 1.89 bits per heavy atom. The van der Waals surface area contributed by atoms with Crippen LogP contribution in [-0.4, -0.2) is 48.7 Å². The number of piperidine rings is 1. The van der Waals surface area contributed by atoms with Gasteiger partial charge >= 0.3 is 5.97 Å². The highest BCUT2D eigenvalue weighted by atomic mass is 19.1. The van der Waals surface area contributed by atoms with Crippen LogP contribution in [0.2, 0.25) is 0 Å². The molecule has 1 N–H and O–H groups in total. The smallest absolute Gasteiger partial charge is 0.307 e. The Labute approximate surface area is 205 Å². The van der Waals surface area contributed by atoms with Crippen molar-refractivity contribution in [1.82, 2.24) is 24.5 Å². The van der Waals surface area contributed by atoms with E-state index in [9.17, 15) is 14.3 Å². The Bertz CT molecular complexity index is 1680. The summed E-state index contributed by atoms with van der Waals surface area (Å²) >= 11 is 0. The standard InChI is InChI=1S/C27H23FN6O2/c1-14-8-15(28)9-18-25(17-4-3-5-22-19(17)11-32(2)30-22)31-34(26(14)18)16-6-7-23(29-10-16)33-12-20-21(13-33)24(20)27(35)36/h3-11,20-21,24H,12-13H2,1-2H3,(H,35,36). The monoisotopic (exact) mass is 482 g/mol. The molecule has 0 bridgehead atoms. The van der Waals surface area contributed by atoms with Crippen molar-refractivity contribution in [3.63, 3.8) is 0 Å². The van der Waals surface area contributed by atoms with Crippen molar-refractivity contribution in [3.05, 3.63) is 66.2 Å². The zero-order valence-corrected chi connectivity index (χ0v) is 19.8. The molecule has 1 saturated carbocycles. The van der Waals surface area contributed by atoms with Gasteiger partial charge in [-0.15, -0.1) is 0 Å². The van der Waals surface area contributed by atoms with E-state index >= 15 is 0 Å². The molecule has 4 heterocycles. The molecule has 2 atom stereocenters. The highest BCUT2D eigenvalue weighted by molar-refractivity contribution is 6.03. The second-order valence-corrected chi connectivity index (χ2v) is 9.89. The first-order valence-electron chi connectivity index (χ1n) is 11.9. The van der Waals surface area contributed by atoms with Crippen LogP contribution in [0.4, 0.5) is 10.2 Å². The quantitative estimate of drug-likeness (QED) is 0.413. The van der Waals surface area contributed by atoms with E-state index < -0.39 is 5.97 Å². The minimum atomic E-state index is -0.692. The molecule has 2 fully saturated rings. The summed E-state index contributed by atoms with van der Waals surface area (Å²) in [6.45, 7) is 3.32. The molecule has 5 aromatic rings. The summed E-state index contributed by atoms with van der Waals surface area (Å²) in [6.07, 6.45) is 3.73. The molecule has 0 spiro atoms. The maximum Gasteiger partial charge on any atom is 0.307 e. The van der Waals surface area contributed by atoms with Gasteiger partial charge in [-0.3, -0.25) is 9.48 Å². The predicted octanol–water partition coefficient (Wildman–Crippen LogP) is 4.19. The van der Waals surface area contributed by atoms with Crippen molar-refractivity contribution in [2.75, 3.05) is 18.0 Å². The second kappa shape index (κ2) is 7.36. The Morgan fingerprint density at radius 1 is 1.08 bits per heavy atom. The molecule has 3 aromatic heterocycles. The van der Waals surface area contributed by atoms with Crippen LogP contribution in [0.1, 0.15) is 5.56 Å². The largest absolute Gasteiger partial charge is 0.481 e. The fourth-order valence-corrected chi connectivity index (χ4v) is 5.93. The maximum absolute atomic E-state index is 14.6. The number of pyridine rings is 1. The molecule has 7 rings (SSSR count). The molecule has 1 saturated heterocycles. The van der Waals surface area contributed by atoms with Crippen molar-refractivity contribution in [1.29, 1.82) is 0 Å². The number of benzene rings is 2. The van der Waals surface area contributed by atoms with Crippen LogP contribution in [0.25, 0.3) is 38.8 Å². The number of hydrogen-bond acceptors (Lipinski definition) is 5. The third-order valence-corrected chi connectivity index (χ3v) is 7.63. The summed E-state index contributed by atoms with van der Waals surface area (Å²) in [7, 11) is 1.88. The molecule has 2 aliphatic rings. The first-order valence-corrected chi connectivity index (χ1v) is 11.9. The molecular formula is C27H23FN6O2. The van der Waals surface area contributed by atoms with Gasteiger partial charge in [0.05, 0.1) is 28.8 Å². The van der Waals surface area contributed by atoms with E-state index in [1.807, 2.05) is 55.2 Å². The van der Waals surface area contributed by atoms with Crippen LogP contribution in [0.3, 0.4) is 0 Å². The third-order valence-electron chi connectivity index (χ3n) is 7.63. The Hall–Kier alpha value is -4.27. The van der Waals surface area contributed by atoms with E-state index in [0.717, 1.165) is 57.5 Å². The van der Waals surface area contributed by atoms with Crippen molar-refractivity contribution in [2.24, 2.45) is 24.8 Å². The lowest BCUT2D eigenvalue weighted by atomic mass is 10.0. The fourth-order valence-electron chi connectivity index (χ4n) is 5.93. The summed E-state index contributed by atoms with van der Waals surface area (Å²) in [4.78, 5) is 18.1. The summed E-state index contributed by atoms with van der Waals surface area (Å²) in [5.41, 5.74) is 4.82. The van der Waals surface area contributed by atoms with Crippen molar-refractivity contribution < 1.29 is 14.3 Å². The number of carboxylic acids is 1. The van der Waals surface area contributed by atoms with Gasteiger partial charge in [-0.1, -0.05) is 12.1 Å². The topological polar surface area (TPSA) is 89.1 Å². The van der Waals surface area contributed by atoms with E-state index in [1.54, 1.807) is 10.9 Å². The third kappa shape index (κ3) is 3.05. The SMILES string of the molecule is Cc1cc(F)cc2c(-c3cccc4nn(C)cc34)nn(-c3ccc(N4CC5C(C4)C5C(=O)O)nc3)c12. The van der Waals surface area contributed by atoms with Gasteiger partial charge in [-0.2, -0.15) is 10.2 Å². The van der Waals surface area contributed by atoms with Crippen molar-refractivity contribution in [3.8, 4) is 16.9 Å². The van der Waals surface area contributed by atoms with Gasteiger partial charge in [0.15, 0.2) is 0 Å². The fraction of sp³-hybridized carbons (Fsp3) is 0.259. The second-order valence-electron chi connectivity index (χ2n) is 9.89. The van der Waals surface area contributed by atoms with E-state index in [4.69, 9.17) is 5.10 Å². The van der Waals surface area contributed by atoms with Gasteiger partial charge in [0.25, 0.3) is 0 Å². The Balaban J connectivity index is 1.31. The summed E-state index contributed by atoms with van der Waals surface area (Å²) in [5, 5.41) is 20.4. The maximum atomic E-state index is 14.6. The molecule has 0 amide bonds. The molecule has 9 heteroatoms. The van der Waals surface area contributed by atoms with Gasteiger partial charge in [0, 0.05) is 42.7 Å². The van der Waals surface area contributed by atoms with Gasteiger partial charge in [0.2, 0.25) is 0 Å². The molecule has 1 aliphatic heterocycles. The molecule has 180 valence electrons. The average molecular weight is 483 g/mol. The number of hydrogen-bond donors (Lipinski definition) is 1. The number of rotatable bonds is 4. The normalized spacial score (nSPS) is 20.9. The predicted molar refractivity (Wildman–Crippen MR) is 134 cm³/mol. The van der Waals surface area contributed by atoms with E-state index in [0.29, 0.717) is 5.69 Å². The molecule has 0 radical (unpaired) electrons. The van der Waals surface area contributed by atoms with Crippen LogP contribution < -0.4 is 4.90 Å². The number of carboxylic acid groups (broad SMARTS) is 1.